The molecule has 0 radical (unpaired) electrons. The van der Waals surface area contributed by atoms with Crippen LogP contribution in [0.25, 0.3) is 0 Å². The van der Waals surface area contributed by atoms with Crippen LogP contribution in [0.15, 0.2) is 16.6 Å². The second-order valence-electron chi connectivity index (χ2n) is 2.70. The average Bonchev–Trinajstić information content (AvgIpc) is 2.12. The number of hydrogen-bond acceptors (Lipinski definition) is 3. The molecule has 82 valence electrons. The van der Waals surface area contributed by atoms with Gasteiger partial charge in [-0.1, -0.05) is 15.9 Å². The number of carbonyl (C=O) groups is 1. The van der Waals surface area contributed by atoms with Gasteiger partial charge in [0.2, 0.25) is 0 Å². The Hall–Kier alpha value is -1.14. The third-order valence-corrected chi connectivity index (χ3v) is 2.07. The highest BCUT2D eigenvalue weighted by Gasteiger charge is 2.18. The molecule has 0 fully saturated rings. The lowest BCUT2D eigenvalue weighted by molar-refractivity contribution is 0.0687. The minimum Gasteiger partial charge on any atom is -0.491 e. The minimum absolute atomic E-state index is 0.0279. The van der Waals surface area contributed by atoms with Gasteiger partial charge in [0.05, 0.1) is 0 Å². The van der Waals surface area contributed by atoms with Crippen LogP contribution >= 0.6 is 15.9 Å². The summed E-state index contributed by atoms with van der Waals surface area (Å²) in [6, 6.07) is 2.46. The number of halogens is 2. The predicted octanol–water partition coefficient (Wildman–Crippen LogP) is 1.62. The lowest BCUT2D eigenvalue weighted by atomic mass is 10.2. The molecule has 0 saturated carbocycles. The van der Waals surface area contributed by atoms with Crippen molar-refractivity contribution in [3.05, 3.63) is 28.0 Å². The minimum atomic E-state index is -1.37. The van der Waals surface area contributed by atoms with Gasteiger partial charge in [-0.15, -0.1) is 0 Å². The molecular formula is C9H9BrFNO3. The summed E-state index contributed by atoms with van der Waals surface area (Å²) in [7, 11) is 0. The number of carboxylic acid groups (broad SMARTS) is 1. The lowest BCUT2D eigenvalue weighted by Crippen LogP contribution is -2.13. The molecule has 0 aliphatic carbocycles. The van der Waals surface area contributed by atoms with Crippen molar-refractivity contribution in [3.63, 3.8) is 0 Å². The number of ether oxygens (including phenoxy) is 1. The second-order valence-corrected chi connectivity index (χ2v) is 3.62. The molecule has 0 aliphatic heterocycles. The fraction of sp³-hybridized carbons (Fsp3) is 0.222. The Morgan fingerprint density at radius 2 is 2.27 bits per heavy atom. The van der Waals surface area contributed by atoms with Crippen LogP contribution in [0.1, 0.15) is 10.4 Å². The van der Waals surface area contributed by atoms with Gasteiger partial charge >= 0.3 is 5.97 Å². The largest absolute Gasteiger partial charge is 0.491 e. The first-order valence-electron chi connectivity index (χ1n) is 4.11. The molecule has 1 aromatic rings. The van der Waals surface area contributed by atoms with E-state index in [0.29, 0.717) is 4.47 Å². The van der Waals surface area contributed by atoms with E-state index in [1.165, 1.54) is 6.07 Å². The summed E-state index contributed by atoms with van der Waals surface area (Å²) in [5.74, 6) is -2.24. The summed E-state index contributed by atoms with van der Waals surface area (Å²) in [6.45, 7) is 0.364. The highest BCUT2D eigenvalue weighted by Crippen LogP contribution is 2.26. The molecule has 15 heavy (non-hydrogen) atoms. The van der Waals surface area contributed by atoms with Gasteiger partial charge in [-0.2, -0.15) is 0 Å². The van der Waals surface area contributed by atoms with Gasteiger partial charge < -0.3 is 15.6 Å². The number of rotatable bonds is 4. The van der Waals surface area contributed by atoms with Crippen LogP contribution in [0.2, 0.25) is 0 Å². The molecule has 0 spiro atoms. The SMILES string of the molecule is NCCOc1cc(Br)cc(F)c1C(=O)O. The Bertz CT molecular complexity index is 384. The van der Waals surface area contributed by atoms with Crippen molar-refractivity contribution in [3.8, 4) is 5.75 Å². The van der Waals surface area contributed by atoms with Crippen molar-refractivity contribution in [1.29, 1.82) is 0 Å². The molecule has 4 nitrogen and oxygen atoms in total. The fourth-order valence-electron chi connectivity index (χ4n) is 1.04. The van der Waals surface area contributed by atoms with Crippen LogP contribution < -0.4 is 10.5 Å². The van der Waals surface area contributed by atoms with E-state index in [0.717, 1.165) is 6.07 Å². The maximum atomic E-state index is 13.3. The van der Waals surface area contributed by atoms with Gasteiger partial charge in [-0.3, -0.25) is 0 Å². The van der Waals surface area contributed by atoms with E-state index in [4.69, 9.17) is 15.6 Å². The first-order valence-corrected chi connectivity index (χ1v) is 4.90. The molecule has 0 unspecified atom stereocenters. The summed E-state index contributed by atoms with van der Waals surface area (Å²) in [5.41, 5.74) is 4.72. The van der Waals surface area contributed by atoms with E-state index in [9.17, 15) is 9.18 Å². The van der Waals surface area contributed by atoms with Gasteiger partial charge in [0, 0.05) is 11.0 Å². The van der Waals surface area contributed by atoms with Crippen molar-refractivity contribution in [2.45, 2.75) is 0 Å². The number of benzene rings is 1. The van der Waals surface area contributed by atoms with Crippen molar-refractivity contribution >= 4 is 21.9 Å². The number of aromatic carboxylic acids is 1. The third kappa shape index (κ3) is 2.90. The Labute approximate surface area is 94.0 Å². The van der Waals surface area contributed by atoms with Crippen molar-refractivity contribution in [1.82, 2.24) is 0 Å². The quantitative estimate of drug-likeness (QED) is 0.877. The molecule has 0 bridgehead atoms. The maximum absolute atomic E-state index is 13.3. The maximum Gasteiger partial charge on any atom is 0.342 e. The van der Waals surface area contributed by atoms with E-state index in [1.54, 1.807) is 0 Å². The predicted molar refractivity (Wildman–Crippen MR) is 55.6 cm³/mol. The van der Waals surface area contributed by atoms with Crippen LogP contribution in [-0.2, 0) is 0 Å². The van der Waals surface area contributed by atoms with E-state index >= 15 is 0 Å². The second kappa shape index (κ2) is 5.09. The first kappa shape index (κ1) is 11.9. The Morgan fingerprint density at radius 3 is 2.80 bits per heavy atom. The molecule has 0 atom stereocenters. The summed E-state index contributed by atoms with van der Waals surface area (Å²) >= 11 is 3.04. The standard InChI is InChI=1S/C9H9BrFNO3/c10-5-3-6(11)8(9(13)14)7(4-5)15-2-1-12/h3-4H,1-2,12H2,(H,13,14). The van der Waals surface area contributed by atoms with Crippen molar-refractivity contribution < 1.29 is 19.0 Å². The van der Waals surface area contributed by atoms with Crippen LogP contribution in [0.4, 0.5) is 4.39 Å². The molecule has 0 amide bonds. The number of carboxylic acids is 1. The Morgan fingerprint density at radius 1 is 1.60 bits per heavy atom. The summed E-state index contributed by atoms with van der Waals surface area (Å²) in [6.07, 6.45) is 0. The van der Waals surface area contributed by atoms with E-state index in [1.807, 2.05) is 0 Å². The molecule has 1 rings (SSSR count). The number of hydrogen-bond donors (Lipinski definition) is 2. The van der Waals surface area contributed by atoms with Gasteiger partial charge in [-0.05, 0) is 12.1 Å². The topological polar surface area (TPSA) is 72.5 Å². The molecule has 0 aromatic heterocycles. The zero-order chi connectivity index (χ0) is 11.4. The van der Waals surface area contributed by atoms with Crippen LogP contribution in [-0.4, -0.2) is 24.2 Å². The normalized spacial score (nSPS) is 10.1. The van der Waals surface area contributed by atoms with Crippen LogP contribution in [0.3, 0.4) is 0 Å². The Balaban J connectivity index is 3.14. The highest BCUT2D eigenvalue weighted by atomic mass is 79.9. The highest BCUT2D eigenvalue weighted by molar-refractivity contribution is 9.10. The van der Waals surface area contributed by atoms with Crippen molar-refractivity contribution in [2.24, 2.45) is 5.73 Å². The Kier molecular flexibility index (Phi) is 4.05. The smallest absolute Gasteiger partial charge is 0.342 e. The zero-order valence-corrected chi connectivity index (χ0v) is 9.25. The molecule has 6 heteroatoms. The summed E-state index contributed by atoms with van der Waals surface area (Å²) in [5, 5.41) is 8.77. The van der Waals surface area contributed by atoms with E-state index in [2.05, 4.69) is 15.9 Å². The fourth-order valence-corrected chi connectivity index (χ4v) is 1.45. The lowest BCUT2D eigenvalue weighted by Gasteiger charge is -2.09. The van der Waals surface area contributed by atoms with Gasteiger partial charge in [0.15, 0.2) is 0 Å². The van der Waals surface area contributed by atoms with Gasteiger partial charge in [-0.25, -0.2) is 9.18 Å². The average molecular weight is 278 g/mol. The molecule has 0 aliphatic rings. The molecule has 3 N–H and O–H groups in total. The van der Waals surface area contributed by atoms with E-state index in [-0.39, 0.29) is 18.9 Å². The van der Waals surface area contributed by atoms with Crippen LogP contribution in [0, 0.1) is 5.82 Å². The third-order valence-electron chi connectivity index (χ3n) is 1.61. The van der Waals surface area contributed by atoms with Crippen molar-refractivity contribution in [2.75, 3.05) is 13.2 Å². The van der Waals surface area contributed by atoms with Crippen LogP contribution in [0.5, 0.6) is 5.75 Å². The van der Waals surface area contributed by atoms with Gasteiger partial charge in [0.25, 0.3) is 0 Å². The monoisotopic (exact) mass is 277 g/mol. The molecular weight excluding hydrogens is 269 g/mol. The molecule has 0 heterocycles. The molecule has 1 aromatic carbocycles. The summed E-state index contributed by atoms with van der Waals surface area (Å²) < 4.78 is 18.7. The summed E-state index contributed by atoms with van der Waals surface area (Å²) in [4.78, 5) is 10.8. The number of nitrogens with two attached hydrogens (primary N) is 1. The van der Waals surface area contributed by atoms with Gasteiger partial charge in [0.1, 0.15) is 23.7 Å². The van der Waals surface area contributed by atoms with E-state index < -0.39 is 17.3 Å². The zero-order valence-electron chi connectivity index (χ0n) is 7.67. The first-order chi connectivity index (χ1) is 7.06. The molecule has 0 saturated heterocycles.